The lowest BCUT2D eigenvalue weighted by atomic mass is 9.71. The molecule has 152 valence electrons. The van der Waals surface area contributed by atoms with Crippen molar-refractivity contribution in [3.8, 4) is 0 Å². The Hall–Kier alpha value is -2.32. The molecule has 2 aliphatic heterocycles. The third-order valence-corrected chi connectivity index (χ3v) is 7.16. The number of nitrogens with zero attached hydrogens (tertiary/aromatic N) is 3. The lowest BCUT2D eigenvalue weighted by Gasteiger charge is -2.50. The molecule has 29 heavy (non-hydrogen) atoms. The number of ether oxygens (including phenoxy) is 1. The van der Waals surface area contributed by atoms with E-state index in [2.05, 4.69) is 15.5 Å². The first-order valence-electron chi connectivity index (χ1n) is 10.3. The quantitative estimate of drug-likeness (QED) is 0.834. The van der Waals surface area contributed by atoms with Gasteiger partial charge in [-0.25, -0.2) is 0 Å². The fourth-order valence-electron chi connectivity index (χ4n) is 5.33. The number of nitrogens with one attached hydrogen (secondary N) is 1. The molecule has 1 aromatic heterocycles. The Morgan fingerprint density at radius 1 is 1.28 bits per heavy atom. The highest BCUT2D eigenvalue weighted by molar-refractivity contribution is 7.13. The molecule has 1 saturated carbocycles. The summed E-state index contributed by atoms with van der Waals surface area (Å²) < 4.78 is 5.86. The Kier molecular flexibility index (Phi) is 4.83. The molecule has 0 unspecified atom stereocenters. The molecule has 0 radical (unpaired) electrons. The van der Waals surface area contributed by atoms with Crippen LogP contribution in [0.15, 0.2) is 29.8 Å². The maximum atomic E-state index is 13.6. The van der Waals surface area contributed by atoms with Crippen LogP contribution in [0.25, 0.3) is 0 Å². The van der Waals surface area contributed by atoms with Gasteiger partial charge in [0.2, 0.25) is 11.0 Å². The predicted octanol–water partition coefficient (Wildman–Crippen LogP) is 3.21. The molecule has 1 aliphatic carbocycles. The average molecular weight is 413 g/mol. The highest BCUT2D eigenvalue weighted by Crippen LogP contribution is 2.51. The van der Waals surface area contributed by atoms with E-state index in [1.54, 1.807) is 5.51 Å². The summed E-state index contributed by atoms with van der Waals surface area (Å²) in [7, 11) is 0. The highest BCUT2D eigenvalue weighted by atomic mass is 32.1. The first kappa shape index (κ1) is 18.7. The summed E-state index contributed by atoms with van der Waals surface area (Å²) in [6.45, 7) is 1.30. The predicted molar refractivity (Wildman–Crippen MR) is 109 cm³/mol. The standard InChI is InChI=1S/C21H24N4O3S/c26-18(23-20-24-22-13-29-20)17-15-7-1-2-8-16(15)19(27)25(12-14-6-5-11-28-14)21(17)9-3-4-10-21/h1-2,7-8,13-14,17H,3-6,9-12H2,(H,23,24,26)/t14-,17-/m0/s1. The Labute approximate surface area is 173 Å². The molecule has 1 saturated heterocycles. The number of anilines is 1. The molecule has 3 heterocycles. The molecule has 0 bridgehead atoms. The minimum Gasteiger partial charge on any atom is -0.376 e. The molecule has 5 rings (SSSR count). The topological polar surface area (TPSA) is 84.4 Å². The summed E-state index contributed by atoms with van der Waals surface area (Å²) in [6, 6.07) is 7.55. The van der Waals surface area contributed by atoms with Crippen molar-refractivity contribution in [2.24, 2.45) is 0 Å². The van der Waals surface area contributed by atoms with Gasteiger partial charge in [0.25, 0.3) is 5.91 Å². The van der Waals surface area contributed by atoms with E-state index < -0.39 is 11.5 Å². The molecular weight excluding hydrogens is 388 g/mol. The normalized spacial score (nSPS) is 25.4. The smallest absolute Gasteiger partial charge is 0.254 e. The molecule has 2 amide bonds. The van der Waals surface area contributed by atoms with Gasteiger partial charge in [0.1, 0.15) is 5.51 Å². The van der Waals surface area contributed by atoms with Crippen LogP contribution in [0.3, 0.4) is 0 Å². The number of hydrogen-bond acceptors (Lipinski definition) is 6. The number of carbonyl (C=O) groups is 2. The van der Waals surface area contributed by atoms with Crippen molar-refractivity contribution in [2.75, 3.05) is 18.5 Å². The van der Waals surface area contributed by atoms with E-state index in [1.807, 2.05) is 29.2 Å². The van der Waals surface area contributed by atoms with Gasteiger partial charge in [0.05, 0.1) is 17.6 Å². The van der Waals surface area contributed by atoms with Crippen molar-refractivity contribution < 1.29 is 14.3 Å². The monoisotopic (exact) mass is 412 g/mol. The molecule has 1 spiro atoms. The zero-order chi connectivity index (χ0) is 19.8. The van der Waals surface area contributed by atoms with Crippen molar-refractivity contribution in [3.05, 3.63) is 40.9 Å². The molecule has 2 aromatic rings. The second kappa shape index (κ2) is 7.50. The van der Waals surface area contributed by atoms with Crippen LogP contribution in [0, 0.1) is 0 Å². The summed E-state index contributed by atoms with van der Waals surface area (Å²) in [6.07, 6.45) is 5.72. The maximum absolute atomic E-state index is 13.6. The van der Waals surface area contributed by atoms with Crippen LogP contribution < -0.4 is 5.32 Å². The van der Waals surface area contributed by atoms with Crippen LogP contribution in [0.5, 0.6) is 0 Å². The second-order valence-corrected chi connectivity index (χ2v) is 8.95. The van der Waals surface area contributed by atoms with Gasteiger partial charge in [0, 0.05) is 18.7 Å². The van der Waals surface area contributed by atoms with Crippen LogP contribution in [-0.2, 0) is 9.53 Å². The highest BCUT2D eigenvalue weighted by Gasteiger charge is 2.56. The van der Waals surface area contributed by atoms with Gasteiger partial charge in [-0.3, -0.25) is 14.9 Å². The van der Waals surface area contributed by atoms with Gasteiger partial charge in [0.15, 0.2) is 0 Å². The van der Waals surface area contributed by atoms with Gasteiger partial charge in [-0.05, 0) is 37.3 Å². The van der Waals surface area contributed by atoms with Crippen molar-refractivity contribution in [1.29, 1.82) is 0 Å². The molecule has 3 aliphatic rings. The third-order valence-electron chi connectivity index (χ3n) is 6.55. The molecule has 8 heteroatoms. The fourth-order valence-corrected chi connectivity index (χ4v) is 5.78. The number of amides is 2. The summed E-state index contributed by atoms with van der Waals surface area (Å²) >= 11 is 1.30. The number of rotatable bonds is 4. The molecule has 1 N–H and O–H groups in total. The Bertz CT molecular complexity index is 904. The summed E-state index contributed by atoms with van der Waals surface area (Å²) in [4.78, 5) is 29.1. The first-order valence-corrected chi connectivity index (χ1v) is 11.2. The van der Waals surface area contributed by atoms with Crippen molar-refractivity contribution in [1.82, 2.24) is 15.1 Å². The minimum atomic E-state index is -0.508. The van der Waals surface area contributed by atoms with Crippen LogP contribution in [0.1, 0.15) is 60.4 Å². The van der Waals surface area contributed by atoms with Crippen molar-refractivity contribution >= 4 is 28.3 Å². The number of hydrogen-bond donors (Lipinski definition) is 1. The van der Waals surface area contributed by atoms with Gasteiger partial charge >= 0.3 is 0 Å². The van der Waals surface area contributed by atoms with Crippen LogP contribution in [-0.4, -0.2) is 51.7 Å². The number of carbonyl (C=O) groups excluding carboxylic acids is 2. The largest absolute Gasteiger partial charge is 0.376 e. The molecule has 2 atom stereocenters. The molecular formula is C21H24N4O3S. The Morgan fingerprint density at radius 2 is 2.10 bits per heavy atom. The maximum Gasteiger partial charge on any atom is 0.254 e. The van der Waals surface area contributed by atoms with Gasteiger partial charge in [-0.15, -0.1) is 10.2 Å². The lowest BCUT2D eigenvalue weighted by molar-refractivity contribution is -0.121. The van der Waals surface area contributed by atoms with Crippen molar-refractivity contribution in [3.63, 3.8) is 0 Å². The molecule has 7 nitrogen and oxygen atoms in total. The summed E-state index contributed by atoms with van der Waals surface area (Å²) in [5.41, 5.74) is 2.54. The number of benzene rings is 1. The van der Waals surface area contributed by atoms with Crippen LogP contribution >= 0.6 is 11.3 Å². The SMILES string of the molecule is O=C(Nc1nncs1)[C@@H]1c2ccccc2C(=O)N(C[C@@H]2CCCO2)C12CCCC2. The lowest BCUT2D eigenvalue weighted by Crippen LogP contribution is -2.61. The third kappa shape index (κ3) is 3.14. The first-order chi connectivity index (χ1) is 14.2. The second-order valence-electron chi connectivity index (χ2n) is 8.11. The van der Waals surface area contributed by atoms with E-state index in [4.69, 9.17) is 4.74 Å². The van der Waals surface area contributed by atoms with E-state index in [1.165, 1.54) is 11.3 Å². The van der Waals surface area contributed by atoms with Crippen LogP contribution in [0.4, 0.5) is 5.13 Å². The Morgan fingerprint density at radius 3 is 2.83 bits per heavy atom. The van der Waals surface area contributed by atoms with Gasteiger partial charge < -0.3 is 9.64 Å². The molecule has 2 fully saturated rings. The van der Waals surface area contributed by atoms with Crippen LogP contribution in [0.2, 0.25) is 0 Å². The van der Waals surface area contributed by atoms with E-state index in [0.29, 0.717) is 17.2 Å². The van der Waals surface area contributed by atoms with E-state index in [0.717, 1.165) is 50.7 Å². The fraction of sp³-hybridized carbons (Fsp3) is 0.524. The number of aromatic nitrogens is 2. The zero-order valence-corrected chi connectivity index (χ0v) is 17.0. The van der Waals surface area contributed by atoms with Crippen molar-refractivity contribution in [2.45, 2.75) is 56.1 Å². The summed E-state index contributed by atoms with van der Waals surface area (Å²) in [5.74, 6) is -0.511. The van der Waals surface area contributed by atoms with E-state index in [9.17, 15) is 9.59 Å². The Balaban J connectivity index is 1.58. The van der Waals surface area contributed by atoms with Gasteiger partial charge in [-0.2, -0.15) is 0 Å². The van der Waals surface area contributed by atoms with E-state index in [-0.39, 0.29) is 17.9 Å². The number of fused-ring (bicyclic) bond motifs is 1. The minimum absolute atomic E-state index is 0.0259. The average Bonchev–Trinajstić information content (AvgIpc) is 3.49. The van der Waals surface area contributed by atoms with E-state index >= 15 is 0 Å². The molecule has 1 aromatic carbocycles. The van der Waals surface area contributed by atoms with Gasteiger partial charge in [-0.1, -0.05) is 42.4 Å². The zero-order valence-electron chi connectivity index (χ0n) is 16.2. The summed E-state index contributed by atoms with van der Waals surface area (Å²) in [5, 5.41) is 11.2.